The average Bonchev–Trinajstić information content (AvgIpc) is 3.31. The van der Waals surface area contributed by atoms with E-state index in [-0.39, 0.29) is 27.9 Å². The molecule has 3 N–H and O–H groups in total. The van der Waals surface area contributed by atoms with Crippen molar-refractivity contribution >= 4 is 34.2 Å². The third-order valence-electron chi connectivity index (χ3n) is 6.02. The SMILES string of the molecule is Cc1cc([C@@H](C)Nc2ccc(Cl)nc2C(=O)O)c2nc(-c3ccc(-c4cc(C)no4)cc3F)[nH]c(=O)c2c1. The molecular formula is C27H21ClFN5O4. The number of aromatic nitrogens is 4. The smallest absolute Gasteiger partial charge is 0.356 e. The van der Waals surface area contributed by atoms with Gasteiger partial charge in [0.05, 0.1) is 33.9 Å². The summed E-state index contributed by atoms with van der Waals surface area (Å²) in [6, 6.07) is 12.2. The Morgan fingerprint density at radius 2 is 1.92 bits per heavy atom. The maximum absolute atomic E-state index is 15.2. The lowest BCUT2D eigenvalue weighted by Crippen LogP contribution is -2.16. The summed E-state index contributed by atoms with van der Waals surface area (Å²) in [4.78, 5) is 36.0. The van der Waals surface area contributed by atoms with E-state index < -0.39 is 23.4 Å². The normalized spacial score (nSPS) is 12.0. The Hall–Kier alpha value is -4.57. The van der Waals surface area contributed by atoms with E-state index >= 15 is 4.39 Å². The van der Waals surface area contributed by atoms with Gasteiger partial charge in [-0.05, 0) is 56.7 Å². The molecule has 5 aromatic rings. The minimum Gasteiger partial charge on any atom is -0.476 e. The molecule has 0 spiro atoms. The molecule has 0 fully saturated rings. The van der Waals surface area contributed by atoms with E-state index in [1.54, 1.807) is 32.0 Å². The Balaban J connectivity index is 1.59. The first-order valence-corrected chi connectivity index (χ1v) is 11.9. The van der Waals surface area contributed by atoms with Crippen molar-refractivity contribution in [1.82, 2.24) is 20.1 Å². The van der Waals surface area contributed by atoms with Crippen molar-refractivity contribution < 1.29 is 18.8 Å². The van der Waals surface area contributed by atoms with Crippen LogP contribution in [-0.4, -0.2) is 31.2 Å². The molecular weight excluding hydrogens is 513 g/mol. The predicted octanol–water partition coefficient (Wildman–Crippen LogP) is 5.92. The number of aromatic amines is 1. The van der Waals surface area contributed by atoms with Crippen LogP contribution in [0.3, 0.4) is 0 Å². The first-order valence-electron chi connectivity index (χ1n) is 11.6. The summed E-state index contributed by atoms with van der Waals surface area (Å²) in [5.74, 6) is -1.37. The Bertz CT molecular complexity index is 1780. The minimum atomic E-state index is -1.24. The third-order valence-corrected chi connectivity index (χ3v) is 6.23. The van der Waals surface area contributed by atoms with Crippen molar-refractivity contribution in [2.75, 3.05) is 5.32 Å². The van der Waals surface area contributed by atoms with E-state index in [1.807, 2.05) is 13.0 Å². The van der Waals surface area contributed by atoms with Gasteiger partial charge in [0.2, 0.25) is 0 Å². The van der Waals surface area contributed by atoms with Crippen LogP contribution in [0.15, 0.2) is 57.8 Å². The largest absolute Gasteiger partial charge is 0.476 e. The van der Waals surface area contributed by atoms with Crippen molar-refractivity contribution in [3.8, 4) is 22.7 Å². The number of rotatable bonds is 6. The number of hydrogen-bond donors (Lipinski definition) is 3. The zero-order chi connectivity index (χ0) is 27.1. The summed E-state index contributed by atoms with van der Waals surface area (Å²) in [5.41, 5.74) is 2.61. The zero-order valence-electron chi connectivity index (χ0n) is 20.5. The van der Waals surface area contributed by atoms with E-state index in [4.69, 9.17) is 16.1 Å². The number of carboxylic acids is 1. The molecule has 0 aliphatic carbocycles. The van der Waals surface area contributed by atoms with Gasteiger partial charge < -0.3 is 19.9 Å². The highest BCUT2D eigenvalue weighted by atomic mass is 35.5. The molecule has 0 saturated carbocycles. The Labute approximate surface area is 220 Å². The predicted molar refractivity (Wildman–Crippen MR) is 141 cm³/mol. The van der Waals surface area contributed by atoms with E-state index in [1.165, 1.54) is 24.3 Å². The molecule has 3 aromatic heterocycles. The lowest BCUT2D eigenvalue weighted by atomic mass is 10.0. The summed E-state index contributed by atoms with van der Waals surface area (Å²) < 4.78 is 20.4. The second kappa shape index (κ2) is 9.71. The van der Waals surface area contributed by atoms with Crippen molar-refractivity contribution in [2.45, 2.75) is 26.8 Å². The number of pyridine rings is 1. The fourth-order valence-corrected chi connectivity index (χ4v) is 4.41. The van der Waals surface area contributed by atoms with Crippen LogP contribution in [0.5, 0.6) is 0 Å². The number of halogens is 2. The molecule has 192 valence electrons. The van der Waals surface area contributed by atoms with E-state index in [0.29, 0.717) is 33.5 Å². The summed E-state index contributed by atoms with van der Waals surface area (Å²) in [6.07, 6.45) is 0. The second-order valence-electron chi connectivity index (χ2n) is 8.89. The molecule has 1 atom stereocenters. The van der Waals surface area contributed by atoms with Crippen molar-refractivity contribution in [3.63, 3.8) is 0 Å². The number of aryl methyl sites for hydroxylation is 2. The van der Waals surface area contributed by atoms with Gasteiger partial charge >= 0.3 is 5.97 Å². The quantitative estimate of drug-likeness (QED) is 0.229. The van der Waals surface area contributed by atoms with Crippen LogP contribution in [-0.2, 0) is 0 Å². The highest BCUT2D eigenvalue weighted by molar-refractivity contribution is 6.29. The first kappa shape index (κ1) is 25.1. The molecule has 0 unspecified atom stereocenters. The fraction of sp³-hybridized carbons (Fsp3) is 0.148. The highest BCUT2D eigenvalue weighted by Gasteiger charge is 2.20. The lowest BCUT2D eigenvalue weighted by molar-refractivity contribution is 0.0691. The summed E-state index contributed by atoms with van der Waals surface area (Å²) in [7, 11) is 0. The van der Waals surface area contributed by atoms with Gasteiger partial charge in [0, 0.05) is 17.2 Å². The van der Waals surface area contributed by atoms with Gasteiger partial charge in [-0.3, -0.25) is 4.79 Å². The number of benzene rings is 2. The van der Waals surface area contributed by atoms with Crippen LogP contribution in [0.25, 0.3) is 33.6 Å². The van der Waals surface area contributed by atoms with E-state index in [9.17, 15) is 14.7 Å². The molecule has 0 bridgehead atoms. The van der Waals surface area contributed by atoms with Crippen LogP contribution in [0, 0.1) is 19.7 Å². The topological polar surface area (TPSA) is 134 Å². The van der Waals surface area contributed by atoms with Gasteiger partial charge in [-0.1, -0.05) is 28.9 Å². The van der Waals surface area contributed by atoms with E-state index in [2.05, 4.69) is 25.4 Å². The summed E-state index contributed by atoms with van der Waals surface area (Å²) in [6.45, 7) is 5.40. The number of anilines is 1. The standard InChI is InChI=1S/C27H21ClFN5O4/c1-12-8-17(14(3)30-20-6-7-22(28)31-24(20)27(36)37)23-18(9-12)26(35)33-25(32-23)16-5-4-15(11-19(16)29)21-10-13(2)34-38-21/h4-11,14,30H,1-3H3,(H,36,37)(H,32,33,35)/t14-/m1/s1. The number of carboxylic acid groups (broad SMARTS) is 1. The number of aromatic carboxylic acids is 1. The molecule has 38 heavy (non-hydrogen) atoms. The maximum Gasteiger partial charge on any atom is 0.356 e. The molecule has 11 heteroatoms. The van der Waals surface area contributed by atoms with Crippen LogP contribution >= 0.6 is 11.6 Å². The third kappa shape index (κ3) is 4.73. The van der Waals surface area contributed by atoms with Gasteiger partial charge in [-0.25, -0.2) is 19.2 Å². The minimum absolute atomic E-state index is 0.0472. The second-order valence-corrected chi connectivity index (χ2v) is 9.28. The number of nitrogens with zero attached hydrogens (tertiary/aromatic N) is 3. The van der Waals surface area contributed by atoms with Gasteiger partial charge in [0.25, 0.3) is 5.56 Å². The lowest BCUT2D eigenvalue weighted by Gasteiger charge is -2.19. The zero-order valence-corrected chi connectivity index (χ0v) is 21.2. The maximum atomic E-state index is 15.2. The van der Waals surface area contributed by atoms with Crippen LogP contribution < -0.4 is 10.9 Å². The fourth-order valence-electron chi connectivity index (χ4n) is 4.26. The molecule has 0 aliphatic heterocycles. The molecule has 3 heterocycles. The van der Waals surface area contributed by atoms with Gasteiger partial charge in [-0.15, -0.1) is 0 Å². The van der Waals surface area contributed by atoms with Gasteiger partial charge in [0.1, 0.15) is 16.8 Å². The molecule has 5 rings (SSSR count). The number of hydrogen-bond acceptors (Lipinski definition) is 7. The van der Waals surface area contributed by atoms with Gasteiger partial charge in [0.15, 0.2) is 11.5 Å². The number of H-pyrrole nitrogens is 1. The molecule has 0 radical (unpaired) electrons. The molecule has 2 aromatic carbocycles. The Morgan fingerprint density at radius 1 is 1.13 bits per heavy atom. The highest BCUT2D eigenvalue weighted by Crippen LogP contribution is 2.31. The Morgan fingerprint density at radius 3 is 2.61 bits per heavy atom. The summed E-state index contributed by atoms with van der Waals surface area (Å²) >= 11 is 5.88. The van der Waals surface area contributed by atoms with Crippen molar-refractivity contribution in [1.29, 1.82) is 0 Å². The molecule has 0 saturated heterocycles. The van der Waals surface area contributed by atoms with Crippen molar-refractivity contribution in [3.05, 3.63) is 92.4 Å². The van der Waals surface area contributed by atoms with Crippen LogP contribution in [0.4, 0.5) is 10.1 Å². The van der Waals surface area contributed by atoms with E-state index in [0.717, 1.165) is 5.56 Å². The van der Waals surface area contributed by atoms with Gasteiger partial charge in [-0.2, -0.15) is 0 Å². The number of fused-ring (bicyclic) bond motifs is 1. The van der Waals surface area contributed by atoms with Crippen molar-refractivity contribution in [2.24, 2.45) is 0 Å². The monoisotopic (exact) mass is 533 g/mol. The molecule has 0 amide bonds. The average molecular weight is 534 g/mol. The van der Waals surface area contributed by atoms with Crippen LogP contribution in [0.2, 0.25) is 5.15 Å². The first-order chi connectivity index (χ1) is 18.1. The Kier molecular flexibility index (Phi) is 6.41. The summed E-state index contributed by atoms with van der Waals surface area (Å²) in [5, 5.41) is 16.9. The molecule has 9 nitrogen and oxygen atoms in total. The van der Waals surface area contributed by atoms with Crippen LogP contribution in [0.1, 0.15) is 40.3 Å². The number of nitrogens with one attached hydrogen (secondary N) is 2. The molecule has 0 aliphatic rings. The number of carbonyl (C=O) groups is 1.